The summed E-state index contributed by atoms with van der Waals surface area (Å²) in [7, 11) is 0. The second-order valence-electron chi connectivity index (χ2n) is 4.96. The first-order valence-corrected chi connectivity index (χ1v) is 5.57. The lowest BCUT2D eigenvalue weighted by Gasteiger charge is -2.28. The van der Waals surface area contributed by atoms with E-state index < -0.39 is 12.2 Å². The number of aliphatic hydroxyl groups excluding tert-OH is 2. The standard InChI is InChI=1S/C13H16O2/c1-6-3-4-7(2)11-9-5-8(10(6)11)12(14)13(9)15/h3-4,8-9,12-15H,5H2,1-2H3/t8?,9?,12-,13+. The average molecular weight is 204 g/mol. The number of aryl methyl sites for hydroxylation is 2. The topological polar surface area (TPSA) is 40.5 Å². The molecule has 80 valence electrons. The van der Waals surface area contributed by atoms with Crippen LogP contribution in [0.3, 0.4) is 0 Å². The molecular formula is C13H16O2. The van der Waals surface area contributed by atoms with E-state index >= 15 is 0 Å². The highest BCUT2D eigenvalue weighted by Crippen LogP contribution is 2.55. The van der Waals surface area contributed by atoms with Crippen LogP contribution in [0.5, 0.6) is 0 Å². The fourth-order valence-corrected chi connectivity index (χ4v) is 3.44. The minimum atomic E-state index is -0.553. The second kappa shape index (κ2) is 2.83. The monoisotopic (exact) mass is 204 g/mol. The van der Waals surface area contributed by atoms with Crippen molar-refractivity contribution in [3.05, 3.63) is 34.4 Å². The number of aliphatic hydroxyl groups is 2. The molecule has 1 saturated carbocycles. The molecule has 0 amide bonds. The molecule has 0 saturated heterocycles. The minimum absolute atomic E-state index is 0.167. The molecular weight excluding hydrogens is 188 g/mol. The molecule has 0 radical (unpaired) electrons. The molecule has 3 rings (SSSR count). The van der Waals surface area contributed by atoms with E-state index in [9.17, 15) is 10.2 Å². The SMILES string of the molecule is Cc1ccc(C)c2c1C1CC2[C@H](O)[C@@H]1O. The van der Waals surface area contributed by atoms with Crippen LogP contribution in [0, 0.1) is 13.8 Å². The molecule has 4 atom stereocenters. The quantitative estimate of drug-likeness (QED) is 0.674. The Kier molecular flexibility index (Phi) is 1.77. The maximum atomic E-state index is 9.90. The Morgan fingerprint density at radius 3 is 1.73 bits per heavy atom. The van der Waals surface area contributed by atoms with E-state index in [1.165, 1.54) is 22.3 Å². The number of rotatable bonds is 0. The lowest BCUT2D eigenvalue weighted by molar-refractivity contribution is 0.0214. The van der Waals surface area contributed by atoms with Gasteiger partial charge in [0.05, 0.1) is 12.2 Å². The molecule has 0 heterocycles. The summed E-state index contributed by atoms with van der Waals surface area (Å²) < 4.78 is 0. The zero-order valence-corrected chi connectivity index (χ0v) is 9.07. The summed E-state index contributed by atoms with van der Waals surface area (Å²) in [6.07, 6.45) is -0.186. The second-order valence-corrected chi connectivity index (χ2v) is 4.96. The maximum Gasteiger partial charge on any atom is 0.0873 e. The summed E-state index contributed by atoms with van der Waals surface area (Å²) in [4.78, 5) is 0. The summed E-state index contributed by atoms with van der Waals surface area (Å²) in [6.45, 7) is 4.19. The molecule has 2 nitrogen and oxygen atoms in total. The van der Waals surface area contributed by atoms with Crippen LogP contribution in [-0.2, 0) is 0 Å². The molecule has 15 heavy (non-hydrogen) atoms. The lowest BCUT2D eigenvalue weighted by Crippen LogP contribution is -2.31. The van der Waals surface area contributed by atoms with Crippen LogP contribution < -0.4 is 0 Å². The molecule has 2 aliphatic carbocycles. The number of hydrogen-bond donors (Lipinski definition) is 2. The fourth-order valence-electron chi connectivity index (χ4n) is 3.44. The fraction of sp³-hybridized carbons (Fsp3) is 0.538. The van der Waals surface area contributed by atoms with Gasteiger partial charge in [0, 0.05) is 11.8 Å². The Balaban J connectivity index is 2.25. The molecule has 2 heteroatoms. The molecule has 2 unspecified atom stereocenters. The normalized spacial score (nSPS) is 37.1. The molecule has 1 aromatic carbocycles. The van der Waals surface area contributed by atoms with Crippen molar-refractivity contribution < 1.29 is 10.2 Å². The van der Waals surface area contributed by atoms with Crippen molar-refractivity contribution in [1.82, 2.24) is 0 Å². The van der Waals surface area contributed by atoms with Crippen molar-refractivity contribution in [2.45, 2.75) is 44.3 Å². The van der Waals surface area contributed by atoms with Gasteiger partial charge in [-0.25, -0.2) is 0 Å². The molecule has 0 aliphatic heterocycles. The predicted molar refractivity (Wildman–Crippen MR) is 58.0 cm³/mol. The van der Waals surface area contributed by atoms with Gasteiger partial charge in [-0.3, -0.25) is 0 Å². The zero-order chi connectivity index (χ0) is 10.7. The van der Waals surface area contributed by atoms with Gasteiger partial charge < -0.3 is 10.2 Å². The van der Waals surface area contributed by atoms with Crippen LogP contribution in [-0.4, -0.2) is 22.4 Å². The Hall–Kier alpha value is -0.860. The number of benzene rings is 1. The molecule has 1 aromatic rings. The summed E-state index contributed by atoms with van der Waals surface area (Å²) >= 11 is 0. The lowest BCUT2D eigenvalue weighted by atomic mass is 9.83. The van der Waals surface area contributed by atoms with Crippen LogP contribution in [0.2, 0.25) is 0 Å². The molecule has 1 fully saturated rings. The highest BCUT2D eigenvalue weighted by atomic mass is 16.3. The number of hydrogen-bond acceptors (Lipinski definition) is 2. The average Bonchev–Trinajstić information content (AvgIpc) is 2.72. The van der Waals surface area contributed by atoms with Gasteiger partial charge in [-0.05, 0) is 42.5 Å². The van der Waals surface area contributed by atoms with E-state index in [0.717, 1.165) is 6.42 Å². The Morgan fingerprint density at radius 1 is 0.933 bits per heavy atom. The highest BCUT2D eigenvalue weighted by molar-refractivity contribution is 5.52. The first-order valence-electron chi connectivity index (χ1n) is 5.57. The smallest absolute Gasteiger partial charge is 0.0873 e. The van der Waals surface area contributed by atoms with Gasteiger partial charge >= 0.3 is 0 Å². The maximum absolute atomic E-state index is 9.90. The van der Waals surface area contributed by atoms with Gasteiger partial charge in [0.2, 0.25) is 0 Å². The Labute approximate surface area is 89.6 Å². The van der Waals surface area contributed by atoms with Crippen LogP contribution in [0.4, 0.5) is 0 Å². The summed E-state index contributed by atoms with van der Waals surface area (Å²) in [5.41, 5.74) is 5.12. The molecule has 2 aliphatic rings. The van der Waals surface area contributed by atoms with Crippen molar-refractivity contribution in [3.8, 4) is 0 Å². The third-order valence-corrected chi connectivity index (χ3v) is 4.15. The van der Waals surface area contributed by atoms with E-state index in [1.54, 1.807) is 0 Å². The van der Waals surface area contributed by atoms with E-state index in [0.29, 0.717) is 0 Å². The first kappa shape index (κ1) is 9.37. The third-order valence-electron chi connectivity index (χ3n) is 4.15. The molecule has 0 aromatic heterocycles. The van der Waals surface area contributed by atoms with Gasteiger partial charge in [0.1, 0.15) is 0 Å². The predicted octanol–water partition coefficient (Wildman–Crippen LogP) is 1.61. The van der Waals surface area contributed by atoms with Crippen LogP contribution >= 0.6 is 0 Å². The van der Waals surface area contributed by atoms with Crippen molar-refractivity contribution in [3.63, 3.8) is 0 Å². The van der Waals surface area contributed by atoms with E-state index in [1.807, 2.05) is 0 Å². The van der Waals surface area contributed by atoms with Gasteiger partial charge in [-0.15, -0.1) is 0 Å². The number of fused-ring (bicyclic) bond motifs is 5. The molecule has 0 spiro atoms. The van der Waals surface area contributed by atoms with E-state index in [2.05, 4.69) is 26.0 Å². The minimum Gasteiger partial charge on any atom is -0.390 e. The van der Waals surface area contributed by atoms with Gasteiger partial charge in [-0.1, -0.05) is 12.1 Å². The summed E-state index contributed by atoms with van der Waals surface area (Å²) in [5.74, 6) is 0.333. The van der Waals surface area contributed by atoms with Crippen LogP contribution in [0.15, 0.2) is 12.1 Å². The van der Waals surface area contributed by atoms with E-state index in [-0.39, 0.29) is 11.8 Å². The largest absolute Gasteiger partial charge is 0.390 e. The Bertz CT molecular complexity index is 386. The van der Waals surface area contributed by atoms with Gasteiger partial charge in [0.15, 0.2) is 0 Å². The Morgan fingerprint density at radius 2 is 1.33 bits per heavy atom. The summed E-state index contributed by atoms with van der Waals surface area (Å²) in [5, 5.41) is 19.8. The van der Waals surface area contributed by atoms with Crippen molar-refractivity contribution in [2.24, 2.45) is 0 Å². The molecule has 2 N–H and O–H groups in total. The third kappa shape index (κ3) is 1.01. The van der Waals surface area contributed by atoms with Crippen molar-refractivity contribution in [2.75, 3.05) is 0 Å². The van der Waals surface area contributed by atoms with Gasteiger partial charge in [-0.2, -0.15) is 0 Å². The molecule has 2 bridgehead atoms. The van der Waals surface area contributed by atoms with E-state index in [4.69, 9.17) is 0 Å². The van der Waals surface area contributed by atoms with Crippen molar-refractivity contribution in [1.29, 1.82) is 0 Å². The first-order chi connectivity index (χ1) is 7.11. The van der Waals surface area contributed by atoms with Gasteiger partial charge in [0.25, 0.3) is 0 Å². The zero-order valence-electron chi connectivity index (χ0n) is 9.07. The highest BCUT2D eigenvalue weighted by Gasteiger charge is 2.50. The summed E-state index contributed by atoms with van der Waals surface area (Å²) in [6, 6.07) is 4.24. The van der Waals surface area contributed by atoms with Crippen molar-refractivity contribution >= 4 is 0 Å². The van der Waals surface area contributed by atoms with Crippen LogP contribution in [0.25, 0.3) is 0 Å². The van der Waals surface area contributed by atoms with Crippen LogP contribution in [0.1, 0.15) is 40.5 Å².